The summed E-state index contributed by atoms with van der Waals surface area (Å²) in [6.45, 7) is 0. The second-order valence-corrected chi connectivity index (χ2v) is 5.61. The van der Waals surface area contributed by atoms with Crippen LogP contribution < -0.4 is 5.32 Å². The predicted octanol–water partition coefficient (Wildman–Crippen LogP) is 3.83. The van der Waals surface area contributed by atoms with E-state index in [4.69, 9.17) is 11.6 Å². The van der Waals surface area contributed by atoms with E-state index in [-0.39, 0.29) is 27.4 Å². The molecular formula is C15H8BrClN2O2. The first-order valence-corrected chi connectivity index (χ1v) is 7.22. The summed E-state index contributed by atoms with van der Waals surface area (Å²) in [5.74, 6) is -0.596. The smallest absolute Gasteiger partial charge is 0.221 e. The van der Waals surface area contributed by atoms with E-state index in [1.165, 1.54) is 6.20 Å². The Kier molecular flexibility index (Phi) is 3.61. The maximum atomic E-state index is 12.5. The van der Waals surface area contributed by atoms with Crippen molar-refractivity contribution < 1.29 is 9.59 Å². The number of hydrogen-bond acceptors (Lipinski definition) is 4. The van der Waals surface area contributed by atoms with Crippen LogP contribution in [-0.2, 0) is 0 Å². The van der Waals surface area contributed by atoms with Gasteiger partial charge in [-0.25, -0.2) is 0 Å². The molecule has 0 spiro atoms. The molecule has 0 atom stereocenters. The lowest BCUT2D eigenvalue weighted by Gasteiger charge is -2.18. The largest absolute Gasteiger partial charge is 0.351 e. The number of rotatable bonds is 2. The number of nitrogens with zero attached hydrogens (tertiary/aromatic N) is 1. The average Bonchev–Trinajstić information content (AvgIpc) is 2.51. The first-order chi connectivity index (χ1) is 10.1. The number of halogens is 2. The second kappa shape index (κ2) is 5.42. The molecule has 0 bridgehead atoms. The minimum atomic E-state index is -0.318. The molecule has 1 heterocycles. The number of Topliss-reactive ketones (excluding diaryl/α,β-unsaturated/α-hetero) is 2. The van der Waals surface area contributed by atoms with E-state index in [1.807, 2.05) is 0 Å². The van der Waals surface area contributed by atoms with E-state index in [9.17, 15) is 9.59 Å². The SMILES string of the molecule is O=C1C(Nc2ccc(Cl)cc2)=C(Br)C(=O)c2ncccc21. The number of carbonyl (C=O) groups excluding carboxylic acids is 2. The lowest BCUT2D eigenvalue weighted by molar-refractivity contribution is 0.0979. The molecular weight excluding hydrogens is 356 g/mol. The Labute approximate surface area is 134 Å². The fourth-order valence-electron chi connectivity index (χ4n) is 2.01. The molecule has 1 aliphatic carbocycles. The number of carbonyl (C=O) groups is 2. The van der Waals surface area contributed by atoms with Crippen LogP contribution in [0.25, 0.3) is 0 Å². The number of nitrogens with one attached hydrogen (secondary N) is 1. The van der Waals surface area contributed by atoms with Gasteiger partial charge in [0.2, 0.25) is 11.6 Å². The fraction of sp³-hybridized carbons (Fsp3) is 0. The quantitative estimate of drug-likeness (QED) is 0.881. The van der Waals surface area contributed by atoms with E-state index < -0.39 is 0 Å². The Hall–Kier alpha value is -1.98. The van der Waals surface area contributed by atoms with Crippen LogP contribution in [-0.4, -0.2) is 16.6 Å². The Morgan fingerprint density at radius 2 is 1.76 bits per heavy atom. The van der Waals surface area contributed by atoms with Gasteiger partial charge in [-0.05, 0) is 52.3 Å². The number of pyridine rings is 1. The summed E-state index contributed by atoms with van der Waals surface area (Å²) in [5, 5.41) is 3.55. The van der Waals surface area contributed by atoms with Gasteiger partial charge in [-0.1, -0.05) is 11.6 Å². The number of ketones is 2. The molecule has 1 N–H and O–H groups in total. The first-order valence-electron chi connectivity index (χ1n) is 6.04. The lowest BCUT2D eigenvalue weighted by atomic mass is 9.97. The van der Waals surface area contributed by atoms with Crippen LogP contribution in [0, 0.1) is 0 Å². The molecule has 21 heavy (non-hydrogen) atoms. The van der Waals surface area contributed by atoms with Crippen molar-refractivity contribution in [2.24, 2.45) is 0 Å². The van der Waals surface area contributed by atoms with Crippen molar-refractivity contribution in [2.45, 2.75) is 0 Å². The standard InChI is InChI=1S/C15H8BrClN2O2/c16-11-13(19-9-5-3-8(17)4-6-9)14(20)10-2-1-7-18-12(10)15(11)21/h1-7,19H. The monoisotopic (exact) mass is 362 g/mol. The summed E-state index contributed by atoms with van der Waals surface area (Å²) >= 11 is 9.01. The van der Waals surface area contributed by atoms with Crippen molar-refractivity contribution in [3.05, 3.63) is 69.1 Å². The zero-order chi connectivity index (χ0) is 15.0. The molecule has 6 heteroatoms. The molecule has 0 amide bonds. The van der Waals surface area contributed by atoms with Crippen molar-refractivity contribution in [3.63, 3.8) is 0 Å². The molecule has 3 rings (SSSR count). The predicted molar refractivity (Wildman–Crippen MR) is 83.9 cm³/mol. The molecule has 0 radical (unpaired) electrons. The molecule has 2 aromatic rings. The highest BCUT2D eigenvalue weighted by atomic mass is 79.9. The summed E-state index contributed by atoms with van der Waals surface area (Å²) in [5.41, 5.74) is 1.32. The number of aromatic nitrogens is 1. The highest BCUT2D eigenvalue weighted by molar-refractivity contribution is 9.12. The Bertz CT molecular complexity index is 785. The second-order valence-electron chi connectivity index (χ2n) is 4.38. The van der Waals surface area contributed by atoms with Gasteiger partial charge in [0.15, 0.2) is 0 Å². The summed E-state index contributed by atoms with van der Waals surface area (Å²) < 4.78 is 0.175. The van der Waals surface area contributed by atoms with Gasteiger partial charge in [0.05, 0.1) is 10.0 Å². The Morgan fingerprint density at radius 3 is 2.48 bits per heavy atom. The van der Waals surface area contributed by atoms with Gasteiger partial charge in [-0.15, -0.1) is 0 Å². The van der Waals surface area contributed by atoms with Crippen LogP contribution >= 0.6 is 27.5 Å². The molecule has 0 fully saturated rings. The van der Waals surface area contributed by atoms with E-state index in [1.54, 1.807) is 36.4 Å². The molecule has 0 saturated carbocycles. The van der Waals surface area contributed by atoms with Crippen molar-refractivity contribution in [1.29, 1.82) is 0 Å². The third kappa shape index (κ3) is 2.50. The molecule has 0 aliphatic heterocycles. The molecule has 1 aromatic carbocycles. The van der Waals surface area contributed by atoms with Crippen LogP contribution in [0.5, 0.6) is 0 Å². The van der Waals surface area contributed by atoms with Gasteiger partial charge in [0.25, 0.3) is 0 Å². The van der Waals surface area contributed by atoms with E-state index in [0.717, 1.165) is 0 Å². The van der Waals surface area contributed by atoms with E-state index >= 15 is 0 Å². The van der Waals surface area contributed by atoms with Crippen LogP contribution in [0.4, 0.5) is 5.69 Å². The van der Waals surface area contributed by atoms with Gasteiger partial charge in [-0.2, -0.15) is 0 Å². The number of benzene rings is 1. The minimum absolute atomic E-state index is 0.163. The third-order valence-electron chi connectivity index (χ3n) is 3.03. The van der Waals surface area contributed by atoms with Gasteiger partial charge in [-0.3, -0.25) is 14.6 Å². The van der Waals surface area contributed by atoms with Crippen LogP contribution in [0.3, 0.4) is 0 Å². The number of anilines is 1. The van der Waals surface area contributed by atoms with Crippen LogP contribution in [0.15, 0.2) is 52.8 Å². The average molecular weight is 364 g/mol. The molecule has 104 valence electrons. The maximum Gasteiger partial charge on any atom is 0.221 e. The molecule has 1 aromatic heterocycles. The van der Waals surface area contributed by atoms with Gasteiger partial charge >= 0.3 is 0 Å². The Morgan fingerprint density at radius 1 is 1.05 bits per heavy atom. The number of hydrogen-bond donors (Lipinski definition) is 1. The summed E-state index contributed by atoms with van der Waals surface area (Å²) in [6, 6.07) is 10.1. The topological polar surface area (TPSA) is 59.1 Å². The van der Waals surface area contributed by atoms with Crippen molar-refractivity contribution >= 4 is 44.8 Å². The van der Waals surface area contributed by atoms with Crippen molar-refractivity contribution in [2.75, 3.05) is 5.32 Å². The molecule has 0 unspecified atom stereocenters. The summed E-state index contributed by atoms with van der Waals surface area (Å²) in [6.07, 6.45) is 1.49. The zero-order valence-electron chi connectivity index (χ0n) is 10.6. The summed E-state index contributed by atoms with van der Waals surface area (Å²) in [4.78, 5) is 28.7. The maximum absolute atomic E-state index is 12.5. The van der Waals surface area contributed by atoms with Gasteiger partial charge in [0, 0.05) is 16.9 Å². The fourth-order valence-corrected chi connectivity index (χ4v) is 2.60. The van der Waals surface area contributed by atoms with E-state index in [0.29, 0.717) is 16.3 Å². The van der Waals surface area contributed by atoms with E-state index in [2.05, 4.69) is 26.2 Å². The normalized spacial score (nSPS) is 14.2. The molecule has 0 saturated heterocycles. The van der Waals surface area contributed by atoms with Crippen molar-refractivity contribution in [3.8, 4) is 0 Å². The first kappa shape index (κ1) is 14.0. The molecule has 1 aliphatic rings. The van der Waals surface area contributed by atoms with Gasteiger partial charge in [0.1, 0.15) is 11.4 Å². The van der Waals surface area contributed by atoms with Crippen LogP contribution in [0.2, 0.25) is 5.02 Å². The zero-order valence-corrected chi connectivity index (χ0v) is 12.9. The summed E-state index contributed by atoms with van der Waals surface area (Å²) in [7, 11) is 0. The lowest BCUT2D eigenvalue weighted by Crippen LogP contribution is -2.25. The van der Waals surface area contributed by atoms with Crippen molar-refractivity contribution in [1.82, 2.24) is 4.98 Å². The molecule has 4 nitrogen and oxygen atoms in total. The Balaban J connectivity index is 2.02. The number of fused-ring (bicyclic) bond motifs is 1. The highest BCUT2D eigenvalue weighted by Gasteiger charge is 2.32. The highest BCUT2D eigenvalue weighted by Crippen LogP contribution is 2.29. The minimum Gasteiger partial charge on any atom is -0.351 e. The van der Waals surface area contributed by atoms with Gasteiger partial charge < -0.3 is 5.32 Å². The van der Waals surface area contributed by atoms with Crippen LogP contribution in [0.1, 0.15) is 20.8 Å². The number of allylic oxidation sites excluding steroid dienone is 2. The third-order valence-corrected chi connectivity index (χ3v) is 4.04.